The van der Waals surface area contributed by atoms with E-state index in [9.17, 15) is 18.0 Å². The summed E-state index contributed by atoms with van der Waals surface area (Å²) in [4.78, 5) is 29.5. The van der Waals surface area contributed by atoms with Crippen LogP contribution in [-0.4, -0.2) is 50.9 Å². The lowest BCUT2D eigenvalue weighted by Gasteiger charge is -2.34. The highest BCUT2D eigenvalue weighted by molar-refractivity contribution is 7.92. The van der Waals surface area contributed by atoms with Crippen molar-refractivity contribution in [3.05, 3.63) is 126 Å². The van der Waals surface area contributed by atoms with Crippen molar-refractivity contribution >= 4 is 27.5 Å². The molecule has 0 radical (unpaired) electrons. The van der Waals surface area contributed by atoms with Crippen LogP contribution in [0.3, 0.4) is 0 Å². The van der Waals surface area contributed by atoms with Crippen molar-refractivity contribution in [3.63, 3.8) is 0 Å². The molecule has 4 rings (SSSR count). The third-order valence-corrected chi connectivity index (χ3v) is 8.89. The van der Waals surface area contributed by atoms with Gasteiger partial charge in [0.05, 0.1) is 17.2 Å². The van der Waals surface area contributed by atoms with Gasteiger partial charge in [0.1, 0.15) is 18.3 Å². The molecular formula is C35H39N3O5S. The number of carbonyl (C=O) groups excluding carboxylic acids is 2. The number of nitrogens with one attached hydrogen (secondary N) is 1. The molecule has 1 atom stereocenters. The lowest BCUT2D eigenvalue weighted by molar-refractivity contribution is -0.140. The smallest absolute Gasteiger partial charge is 0.264 e. The lowest BCUT2D eigenvalue weighted by atomic mass is 10.0. The second-order valence-electron chi connectivity index (χ2n) is 10.4. The van der Waals surface area contributed by atoms with Crippen LogP contribution in [0.2, 0.25) is 0 Å². The second kappa shape index (κ2) is 15.2. The zero-order valence-corrected chi connectivity index (χ0v) is 26.2. The highest BCUT2D eigenvalue weighted by Crippen LogP contribution is 2.27. The number of hydrogen-bond donors (Lipinski definition) is 1. The van der Waals surface area contributed by atoms with Crippen LogP contribution in [0.4, 0.5) is 5.69 Å². The maximum Gasteiger partial charge on any atom is 0.264 e. The van der Waals surface area contributed by atoms with E-state index in [1.54, 1.807) is 42.5 Å². The molecule has 0 fully saturated rings. The van der Waals surface area contributed by atoms with Gasteiger partial charge in [0.15, 0.2) is 0 Å². The topological polar surface area (TPSA) is 96.0 Å². The van der Waals surface area contributed by atoms with Crippen molar-refractivity contribution < 1.29 is 22.7 Å². The van der Waals surface area contributed by atoms with Gasteiger partial charge in [-0.05, 0) is 68.3 Å². The van der Waals surface area contributed by atoms with Crippen LogP contribution in [0.5, 0.6) is 5.75 Å². The number of nitrogens with zero attached hydrogens (tertiary/aromatic N) is 2. The molecule has 44 heavy (non-hydrogen) atoms. The van der Waals surface area contributed by atoms with Gasteiger partial charge in [-0.25, -0.2) is 8.42 Å². The van der Waals surface area contributed by atoms with Crippen molar-refractivity contribution in [2.45, 2.75) is 44.7 Å². The van der Waals surface area contributed by atoms with Gasteiger partial charge >= 0.3 is 0 Å². The molecule has 2 amide bonds. The first-order chi connectivity index (χ1) is 21.2. The largest absolute Gasteiger partial charge is 0.494 e. The van der Waals surface area contributed by atoms with E-state index in [4.69, 9.17) is 4.74 Å². The zero-order chi connectivity index (χ0) is 31.5. The number of benzene rings is 4. The van der Waals surface area contributed by atoms with E-state index in [1.165, 1.54) is 17.0 Å². The molecule has 8 nitrogen and oxygen atoms in total. The molecule has 9 heteroatoms. The summed E-state index contributed by atoms with van der Waals surface area (Å²) in [6, 6.07) is 30.9. The van der Waals surface area contributed by atoms with Crippen molar-refractivity contribution in [3.8, 4) is 5.75 Å². The van der Waals surface area contributed by atoms with Crippen LogP contribution < -0.4 is 14.4 Å². The Labute approximate surface area is 260 Å². The molecular weight excluding hydrogens is 574 g/mol. The standard InChI is InChI=1S/C35H39N3O5S/c1-4-36-35(40)33(24-28-14-8-6-9-15-28)37(25-29-16-12-13-27(3)23-29)34(39)26-38(30-19-21-31(22-20-30)43-5-2)44(41,42)32-17-10-7-11-18-32/h6-23,33H,4-5,24-26H2,1-3H3,(H,36,40). The highest BCUT2D eigenvalue weighted by Gasteiger charge is 2.34. The van der Waals surface area contributed by atoms with Crippen molar-refractivity contribution in [2.75, 3.05) is 24.0 Å². The summed E-state index contributed by atoms with van der Waals surface area (Å²) in [7, 11) is -4.16. The molecule has 0 heterocycles. The summed E-state index contributed by atoms with van der Waals surface area (Å²) in [5, 5.41) is 2.88. The first-order valence-electron chi connectivity index (χ1n) is 14.7. The summed E-state index contributed by atoms with van der Waals surface area (Å²) in [6.07, 6.45) is 0.263. The Hall–Kier alpha value is -4.63. The summed E-state index contributed by atoms with van der Waals surface area (Å²) >= 11 is 0. The molecule has 0 bridgehead atoms. The Morgan fingerprint density at radius 3 is 2.07 bits per heavy atom. The highest BCUT2D eigenvalue weighted by atomic mass is 32.2. The van der Waals surface area contributed by atoms with E-state index in [1.807, 2.05) is 75.4 Å². The van der Waals surface area contributed by atoms with Gasteiger partial charge in [0.2, 0.25) is 11.8 Å². The number of rotatable bonds is 14. The van der Waals surface area contributed by atoms with E-state index in [2.05, 4.69) is 5.32 Å². The Balaban J connectivity index is 1.78. The number of carbonyl (C=O) groups is 2. The lowest BCUT2D eigenvalue weighted by Crippen LogP contribution is -2.53. The van der Waals surface area contributed by atoms with Crippen LogP contribution in [0, 0.1) is 6.92 Å². The number of hydrogen-bond acceptors (Lipinski definition) is 5. The van der Waals surface area contributed by atoms with Crippen LogP contribution in [0.15, 0.2) is 114 Å². The van der Waals surface area contributed by atoms with Crippen molar-refractivity contribution in [2.24, 2.45) is 0 Å². The number of ether oxygens (including phenoxy) is 1. The van der Waals surface area contributed by atoms with Crippen LogP contribution in [0.25, 0.3) is 0 Å². The van der Waals surface area contributed by atoms with Gasteiger partial charge in [0.25, 0.3) is 10.0 Å². The van der Waals surface area contributed by atoms with Crippen molar-refractivity contribution in [1.29, 1.82) is 0 Å². The molecule has 0 spiro atoms. The molecule has 0 saturated heterocycles. The number of anilines is 1. The number of aryl methyl sites for hydroxylation is 1. The van der Waals surface area contributed by atoms with E-state index in [-0.39, 0.29) is 23.8 Å². The number of likely N-dealkylation sites (N-methyl/N-ethyl adjacent to an activating group) is 1. The monoisotopic (exact) mass is 613 g/mol. The Bertz CT molecular complexity index is 1630. The number of amides is 2. The Morgan fingerprint density at radius 1 is 0.818 bits per heavy atom. The summed E-state index contributed by atoms with van der Waals surface area (Å²) < 4.78 is 34.7. The van der Waals surface area contributed by atoms with E-state index in [0.29, 0.717) is 24.6 Å². The van der Waals surface area contributed by atoms with Crippen LogP contribution in [-0.2, 0) is 32.6 Å². The van der Waals surface area contributed by atoms with Crippen molar-refractivity contribution in [1.82, 2.24) is 10.2 Å². The summed E-state index contributed by atoms with van der Waals surface area (Å²) in [5.74, 6) is -0.233. The van der Waals surface area contributed by atoms with E-state index >= 15 is 0 Å². The normalized spacial score (nSPS) is 11.8. The molecule has 1 N–H and O–H groups in total. The minimum Gasteiger partial charge on any atom is -0.494 e. The molecule has 4 aromatic carbocycles. The first-order valence-corrected chi connectivity index (χ1v) is 16.1. The number of sulfonamides is 1. The fourth-order valence-corrected chi connectivity index (χ4v) is 6.41. The minimum atomic E-state index is -4.16. The molecule has 0 aliphatic heterocycles. The average Bonchev–Trinajstić information content (AvgIpc) is 3.03. The van der Waals surface area contributed by atoms with E-state index in [0.717, 1.165) is 21.0 Å². The molecule has 230 valence electrons. The fourth-order valence-electron chi connectivity index (χ4n) is 4.98. The third kappa shape index (κ3) is 8.26. The third-order valence-electron chi connectivity index (χ3n) is 7.10. The molecule has 4 aromatic rings. The summed E-state index contributed by atoms with van der Waals surface area (Å²) in [5.41, 5.74) is 3.03. The molecule has 1 unspecified atom stereocenters. The average molecular weight is 614 g/mol. The van der Waals surface area contributed by atoms with Crippen LogP contribution in [0.1, 0.15) is 30.5 Å². The zero-order valence-electron chi connectivity index (χ0n) is 25.3. The van der Waals surface area contributed by atoms with E-state index < -0.39 is 28.5 Å². The van der Waals surface area contributed by atoms with Crippen LogP contribution >= 0.6 is 0 Å². The SMILES string of the molecule is CCNC(=O)C(Cc1ccccc1)N(Cc1cccc(C)c1)C(=O)CN(c1ccc(OCC)cc1)S(=O)(=O)c1ccccc1. The molecule has 0 aliphatic rings. The maximum atomic E-state index is 14.4. The fraction of sp³-hybridized carbons (Fsp3) is 0.257. The minimum absolute atomic E-state index is 0.0523. The predicted molar refractivity (Wildman–Crippen MR) is 173 cm³/mol. The van der Waals surface area contributed by atoms with Gasteiger partial charge in [-0.15, -0.1) is 0 Å². The van der Waals surface area contributed by atoms with Gasteiger partial charge in [-0.1, -0.05) is 78.4 Å². The second-order valence-corrected chi connectivity index (χ2v) is 12.2. The Morgan fingerprint density at radius 2 is 1.45 bits per heavy atom. The van der Waals surface area contributed by atoms with Gasteiger partial charge in [-0.3, -0.25) is 13.9 Å². The predicted octanol–water partition coefficient (Wildman–Crippen LogP) is 5.37. The first kappa shape index (κ1) is 32.3. The molecule has 0 aromatic heterocycles. The van der Waals surface area contributed by atoms with Gasteiger partial charge in [-0.2, -0.15) is 0 Å². The molecule has 0 aliphatic carbocycles. The van der Waals surface area contributed by atoms with Gasteiger partial charge in [0, 0.05) is 19.5 Å². The molecule has 0 saturated carbocycles. The maximum absolute atomic E-state index is 14.4. The quantitative estimate of drug-likeness (QED) is 0.207. The summed E-state index contributed by atoms with van der Waals surface area (Å²) in [6.45, 7) is 6.10. The van der Waals surface area contributed by atoms with Gasteiger partial charge < -0.3 is 15.0 Å². The Kier molecular flexibility index (Phi) is 11.2.